The van der Waals surface area contributed by atoms with Crippen molar-refractivity contribution in [3.8, 4) is 0 Å². The van der Waals surface area contributed by atoms with Gasteiger partial charge in [0.05, 0.1) is 0 Å². The summed E-state index contributed by atoms with van der Waals surface area (Å²) in [5.41, 5.74) is 0.759. The van der Waals surface area contributed by atoms with E-state index in [9.17, 15) is 0 Å². The monoisotopic (exact) mass is 276 g/mol. The van der Waals surface area contributed by atoms with E-state index in [1.165, 1.54) is 71.1 Å². The average Bonchev–Trinajstić information content (AvgIpc) is 2.86. The van der Waals surface area contributed by atoms with Gasteiger partial charge < -0.3 is 9.80 Å². The minimum absolute atomic E-state index is 0.759. The minimum atomic E-state index is 0.759. The van der Waals surface area contributed by atoms with Crippen molar-refractivity contribution >= 4 is 0 Å². The number of nitrogens with zero attached hydrogens (tertiary/aromatic N) is 2. The summed E-state index contributed by atoms with van der Waals surface area (Å²) < 4.78 is 0. The molecule has 2 aliphatic carbocycles. The van der Waals surface area contributed by atoms with Crippen LogP contribution in [0.3, 0.4) is 0 Å². The molecule has 0 aromatic rings. The summed E-state index contributed by atoms with van der Waals surface area (Å²) >= 11 is 0. The van der Waals surface area contributed by atoms with E-state index >= 15 is 0 Å². The Hall–Kier alpha value is -0.0800. The summed E-state index contributed by atoms with van der Waals surface area (Å²) in [4.78, 5) is 5.40. The Bertz CT molecular complexity index is 360. The second-order valence-electron chi connectivity index (χ2n) is 8.88. The van der Waals surface area contributed by atoms with E-state index in [1.54, 1.807) is 0 Å². The number of hydrogen-bond donors (Lipinski definition) is 0. The van der Waals surface area contributed by atoms with Crippen LogP contribution in [-0.4, -0.2) is 49.1 Å². The van der Waals surface area contributed by atoms with Gasteiger partial charge in [-0.05, 0) is 88.3 Å². The van der Waals surface area contributed by atoms with Crippen LogP contribution in [0.5, 0.6) is 0 Å². The first-order valence-electron chi connectivity index (χ1n) is 9.04. The van der Waals surface area contributed by atoms with E-state index in [2.05, 4.69) is 23.8 Å². The first kappa shape index (κ1) is 13.6. The smallest absolute Gasteiger partial charge is 0.0101 e. The molecule has 4 aliphatic rings. The van der Waals surface area contributed by atoms with E-state index in [1.807, 2.05) is 0 Å². The number of fused-ring (bicyclic) bond motifs is 2. The molecule has 2 heterocycles. The molecule has 4 fully saturated rings. The fraction of sp³-hybridized carbons (Fsp3) is 1.00. The van der Waals surface area contributed by atoms with Crippen molar-refractivity contribution in [3.63, 3.8) is 0 Å². The molecule has 0 radical (unpaired) electrons. The molecule has 0 aromatic heterocycles. The van der Waals surface area contributed by atoms with Crippen LogP contribution in [0.25, 0.3) is 0 Å². The van der Waals surface area contributed by atoms with Crippen molar-refractivity contribution in [3.05, 3.63) is 0 Å². The summed E-state index contributed by atoms with van der Waals surface area (Å²) in [6.45, 7) is 8.03. The largest absolute Gasteiger partial charge is 0.306 e. The summed E-state index contributed by atoms with van der Waals surface area (Å²) in [5, 5.41) is 0. The fourth-order valence-corrected chi connectivity index (χ4v) is 6.12. The lowest BCUT2D eigenvalue weighted by molar-refractivity contribution is 0.0511. The molecule has 2 saturated heterocycles. The standard InChI is InChI=1S/C18H32N2/c1-14-7-16-9-17(8-14)20(12-16)5-3-15-10-18(11-15)4-6-19(2)13-18/h14-17H,3-13H2,1-2H3. The van der Waals surface area contributed by atoms with Crippen LogP contribution >= 0.6 is 0 Å². The molecule has 3 atom stereocenters. The highest BCUT2D eigenvalue weighted by Gasteiger charge is 2.47. The number of rotatable bonds is 3. The molecule has 2 saturated carbocycles. The van der Waals surface area contributed by atoms with Gasteiger partial charge >= 0.3 is 0 Å². The Labute approximate surface area is 124 Å². The van der Waals surface area contributed by atoms with Crippen molar-refractivity contribution < 1.29 is 0 Å². The first-order chi connectivity index (χ1) is 9.62. The fourth-order valence-electron chi connectivity index (χ4n) is 6.12. The Balaban J connectivity index is 1.23. The van der Waals surface area contributed by atoms with E-state index < -0.39 is 0 Å². The SMILES string of the molecule is CC1CC2CC(C1)N(CCC1CC3(CCN(C)C3)C1)C2. The molecule has 114 valence electrons. The normalized spacial score (nSPS) is 48.9. The summed E-state index contributed by atoms with van der Waals surface area (Å²) in [6, 6.07) is 0.954. The Morgan fingerprint density at radius 3 is 2.75 bits per heavy atom. The van der Waals surface area contributed by atoms with Crippen LogP contribution in [0, 0.1) is 23.2 Å². The van der Waals surface area contributed by atoms with Crippen LogP contribution in [0.15, 0.2) is 0 Å². The minimum Gasteiger partial charge on any atom is -0.306 e. The van der Waals surface area contributed by atoms with Gasteiger partial charge in [0.2, 0.25) is 0 Å². The van der Waals surface area contributed by atoms with E-state index in [0.717, 1.165) is 29.2 Å². The highest BCUT2D eigenvalue weighted by atomic mass is 15.2. The van der Waals surface area contributed by atoms with E-state index in [4.69, 9.17) is 0 Å². The third-order valence-electron chi connectivity index (χ3n) is 6.92. The van der Waals surface area contributed by atoms with Gasteiger partial charge in [0.1, 0.15) is 0 Å². The van der Waals surface area contributed by atoms with Gasteiger partial charge in [-0.25, -0.2) is 0 Å². The maximum Gasteiger partial charge on any atom is 0.0101 e. The second kappa shape index (κ2) is 4.98. The predicted octanol–water partition coefficient (Wildman–Crippen LogP) is 3.23. The highest BCUT2D eigenvalue weighted by Crippen LogP contribution is 2.52. The molecular weight excluding hydrogens is 244 g/mol. The predicted molar refractivity (Wildman–Crippen MR) is 83.8 cm³/mol. The van der Waals surface area contributed by atoms with Crippen LogP contribution in [0.1, 0.15) is 51.9 Å². The van der Waals surface area contributed by atoms with Crippen molar-refractivity contribution in [1.29, 1.82) is 0 Å². The van der Waals surface area contributed by atoms with Gasteiger partial charge in [-0.3, -0.25) is 0 Å². The lowest BCUT2D eigenvalue weighted by Gasteiger charge is -2.46. The molecule has 2 nitrogen and oxygen atoms in total. The molecule has 0 aromatic carbocycles. The lowest BCUT2D eigenvalue weighted by Crippen LogP contribution is -2.41. The van der Waals surface area contributed by atoms with Gasteiger partial charge in [-0.1, -0.05) is 6.92 Å². The molecule has 2 heteroatoms. The maximum atomic E-state index is 2.86. The van der Waals surface area contributed by atoms with Crippen molar-refractivity contribution in [2.75, 3.05) is 33.2 Å². The van der Waals surface area contributed by atoms with Crippen molar-refractivity contribution in [1.82, 2.24) is 9.80 Å². The van der Waals surface area contributed by atoms with Gasteiger partial charge in [0.25, 0.3) is 0 Å². The molecule has 1 spiro atoms. The average molecular weight is 276 g/mol. The quantitative estimate of drug-likeness (QED) is 0.781. The van der Waals surface area contributed by atoms with Crippen LogP contribution in [0.2, 0.25) is 0 Å². The molecule has 3 unspecified atom stereocenters. The molecule has 2 aliphatic heterocycles. The lowest BCUT2D eigenvalue weighted by atomic mass is 9.60. The Kier molecular flexibility index (Phi) is 3.38. The van der Waals surface area contributed by atoms with Gasteiger partial charge in [-0.2, -0.15) is 0 Å². The highest BCUT2D eigenvalue weighted by molar-refractivity contribution is 5.00. The Morgan fingerprint density at radius 2 is 2.00 bits per heavy atom. The van der Waals surface area contributed by atoms with Crippen LogP contribution < -0.4 is 0 Å². The Morgan fingerprint density at radius 1 is 1.15 bits per heavy atom. The number of hydrogen-bond acceptors (Lipinski definition) is 2. The third-order valence-corrected chi connectivity index (χ3v) is 6.92. The van der Waals surface area contributed by atoms with Crippen LogP contribution in [-0.2, 0) is 0 Å². The zero-order valence-corrected chi connectivity index (χ0v) is 13.5. The van der Waals surface area contributed by atoms with Crippen LogP contribution in [0.4, 0.5) is 0 Å². The molecule has 4 rings (SSSR count). The second-order valence-corrected chi connectivity index (χ2v) is 8.88. The molecule has 0 amide bonds. The molecule has 2 bridgehead atoms. The maximum absolute atomic E-state index is 2.86. The first-order valence-corrected chi connectivity index (χ1v) is 9.04. The zero-order chi connectivity index (χ0) is 13.7. The van der Waals surface area contributed by atoms with Crippen molar-refractivity contribution in [2.24, 2.45) is 23.2 Å². The molecule has 0 N–H and O–H groups in total. The summed E-state index contributed by atoms with van der Waals surface area (Å²) in [7, 11) is 2.30. The zero-order valence-electron chi connectivity index (χ0n) is 13.5. The van der Waals surface area contributed by atoms with E-state index in [-0.39, 0.29) is 0 Å². The summed E-state index contributed by atoms with van der Waals surface area (Å²) in [5.74, 6) is 3.09. The van der Waals surface area contributed by atoms with Gasteiger partial charge in [-0.15, -0.1) is 0 Å². The third kappa shape index (κ3) is 2.43. The number of likely N-dealkylation sites (tertiary alicyclic amines) is 2. The van der Waals surface area contributed by atoms with E-state index in [0.29, 0.717) is 0 Å². The summed E-state index contributed by atoms with van der Waals surface area (Å²) in [6.07, 6.45) is 10.5. The molecule has 20 heavy (non-hydrogen) atoms. The van der Waals surface area contributed by atoms with Gasteiger partial charge in [0.15, 0.2) is 0 Å². The topological polar surface area (TPSA) is 6.48 Å². The molecular formula is C18H32N2. The van der Waals surface area contributed by atoms with Gasteiger partial charge in [0, 0.05) is 19.1 Å². The van der Waals surface area contributed by atoms with Crippen molar-refractivity contribution in [2.45, 2.75) is 57.9 Å².